The smallest absolute Gasteiger partial charge is 0.259 e. The van der Waals surface area contributed by atoms with Crippen molar-refractivity contribution in [3.63, 3.8) is 0 Å². The van der Waals surface area contributed by atoms with Crippen molar-refractivity contribution in [3.05, 3.63) is 54.0 Å². The van der Waals surface area contributed by atoms with E-state index in [-0.39, 0.29) is 11.6 Å². The lowest BCUT2D eigenvalue weighted by Crippen LogP contribution is -2.32. The van der Waals surface area contributed by atoms with Crippen LogP contribution in [-0.4, -0.2) is 33.2 Å². The Balaban J connectivity index is 1.92. The van der Waals surface area contributed by atoms with Gasteiger partial charge in [-0.3, -0.25) is 8.99 Å². The molecule has 4 rings (SSSR count). The molecule has 0 aliphatic carbocycles. The Labute approximate surface area is 133 Å². The minimum absolute atomic E-state index is 0.147. The van der Waals surface area contributed by atoms with Gasteiger partial charge in [0.05, 0.1) is 36.9 Å². The first-order valence-corrected chi connectivity index (χ1v) is 8.47. The maximum atomic E-state index is 13.1. The number of hydrogen-bond donors (Lipinski definition) is 0. The summed E-state index contributed by atoms with van der Waals surface area (Å²) in [5, 5.41) is 12.0. The Morgan fingerprint density at radius 2 is 1.96 bits per heavy atom. The number of rotatable bonds is 2. The second-order valence-electron chi connectivity index (χ2n) is 5.32. The molecule has 9 heteroatoms. The van der Waals surface area contributed by atoms with Gasteiger partial charge in [-0.15, -0.1) is 5.10 Å². The fourth-order valence-electron chi connectivity index (χ4n) is 2.76. The zero-order valence-electron chi connectivity index (χ0n) is 12.4. The zero-order chi connectivity index (χ0) is 16.0. The summed E-state index contributed by atoms with van der Waals surface area (Å²) >= 11 is 0. The van der Waals surface area contributed by atoms with Crippen LogP contribution in [0.3, 0.4) is 0 Å². The number of aryl methyl sites for hydroxylation is 1. The third-order valence-corrected chi connectivity index (χ3v) is 5.75. The summed E-state index contributed by atoms with van der Waals surface area (Å²) in [6.07, 6.45) is 3.07. The highest BCUT2D eigenvalue weighted by molar-refractivity contribution is 7.92. The van der Waals surface area contributed by atoms with Gasteiger partial charge in [0, 0.05) is 7.05 Å². The fourth-order valence-corrected chi connectivity index (χ4v) is 4.34. The number of para-hydroxylation sites is 1. The van der Waals surface area contributed by atoms with Gasteiger partial charge in [-0.05, 0) is 17.7 Å². The monoisotopic (exact) mass is 330 g/mol. The van der Waals surface area contributed by atoms with Crippen LogP contribution in [0.25, 0.3) is 0 Å². The fraction of sp³-hybridized carbons (Fsp3) is 0.214. The van der Waals surface area contributed by atoms with Gasteiger partial charge in [0.15, 0.2) is 5.03 Å². The summed E-state index contributed by atoms with van der Waals surface area (Å²) in [6.45, 7) is 0.667. The molecule has 3 heterocycles. The van der Waals surface area contributed by atoms with Gasteiger partial charge >= 0.3 is 0 Å². The van der Waals surface area contributed by atoms with Crippen LogP contribution in [0.5, 0.6) is 0 Å². The van der Waals surface area contributed by atoms with Gasteiger partial charge in [-0.1, -0.05) is 23.4 Å². The van der Waals surface area contributed by atoms with Crippen molar-refractivity contribution in [2.24, 2.45) is 7.05 Å². The summed E-state index contributed by atoms with van der Waals surface area (Å²) in [5.41, 5.74) is 2.27. The van der Waals surface area contributed by atoms with Crippen LogP contribution in [0, 0.1) is 0 Å². The zero-order valence-corrected chi connectivity index (χ0v) is 13.2. The molecule has 8 nitrogen and oxygen atoms in total. The molecule has 118 valence electrons. The number of fused-ring (bicyclic) bond motifs is 2. The van der Waals surface area contributed by atoms with E-state index < -0.39 is 10.0 Å². The van der Waals surface area contributed by atoms with Crippen molar-refractivity contribution in [2.75, 3.05) is 4.31 Å². The molecule has 1 aliphatic heterocycles. The maximum Gasteiger partial charge on any atom is 0.281 e. The lowest BCUT2D eigenvalue weighted by molar-refractivity contribution is 0.570. The topological polar surface area (TPSA) is 85.9 Å². The molecule has 0 saturated heterocycles. The highest BCUT2D eigenvalue weighted by Gasteiger charge is 2.32. The summed E-state index contributed by atoms with van der Waals surface area (Å²) < 4.78 is 30.7. The molecule has 0 radical (unpaired) electrons. The Bertz CT molecular complexity index is 975. The van der Waals surface area contributed by atoms with E-state index in [1.54, 1.807) is 17.9 Å². The van der Waals surface area contributed by atoms with Gasteiger partial charge in [-0.2, -0.15) is 13.5 Å². The molecule has 23 heavy (non-hydrogen) atoms. The summed E-state index contributed by atoms with van der Waals surface area (Å²) in [7, 11) is -2.13. The third-order valence-electron chi connectivity index (χ3n) is 3.91. The van der Waals surface area contributed by atoms with Gasteiger partial charge in [-0.25, -0.2) is 4.68 Å². The predicted molar refractivity (Wildman–Crippen MR) is 82.1 cm³/mol. The summed E-state index contributed by atoms with van der Waals surface area (Å²) in [6, 6.07) is 8.92. The second kappa shape index (κ2) is 4.92. The van der Waals surface area contributed by atoms with Crippen LogP contribution in [0.1, 0.15) is 11.3 Å². The Kier molecular flexibility index (Phi) is 2.98. The van der Waals surface area contributed by atoms with E-state index in [9.17, 15) is 8.42 Å². The Hall–Kier alpha value is -2.68. The van der Waals surface area contributed by atoms with Crippen molar-refractivity contribution < 1.29 is 8.42 Å². The molecule has 0 fully saturated rings. The first-order chi connectivity index (χ1) is 11.1. The highest BCUT2D eigenvalue weighted by Crippen LogP contribution is 2.31. The number of anilines is 1. The van der Waals surface area contributed by atoms with Crippen LogP contribution in [0.4, 0.5) is 5.69 Å². The van der Waals surface area contributed by atoms with Gasteiger partial charge in [0.25, 0.3) is 10.0 Å². The lowest BCUT2D eigenvalue weighted by atomic mass is 10.2. The Morgan fingerprint density at radius 3 is 2.74 bits per heavy atom. The molecule has 0 unspecified atom stereocenters. The van der Waals surface area contributed by atoms with E-state index in [1.165, 1.54) is 21.3 Å². The molecule has 0 bridgehead atoms. The number of nitrogens with zero attached hydrogens (tertiary/aromatic N) is 6. The predicted octanol–water partition coefficient (Wildman–Crippen LogP) is 0.769. The van der Waals surface area contributed by atoms with Crippen LogP contribution < -0.4 is 4.31 Å². The van der Waals surface area contributed by atoms with Gasteiger partial charge in [0.2, 0.25) is 0 Å². The molecule has 0 spiro atoms. The molecule has 3 aromatic rings. The van der Waals surface area contributed by atoms with E-state index in [0.29, 0.717) is 12.2 Å². The Morgan fingerprint density at radius 1 is 1.13 bits per heavy atom. The molecule has 0 N–H and O–H groups in total. The number of aromatic nitrogens is 5. The molecule has 1 aliphatic rings. The maximum absolute atomic E-state index is 13.1. The molecular weight excluding hydrogens is 316 g/mol. The highest BCUT2D eigenvalue weighted by atomic mass is 32.2. The van der Waals surface area contributed by atoms with Crippen molar-refractivity contribution in [1.29, 1.82) is 0 Å². The molecule has 0 atom stereocenters. The molecule has 2 aromatic heterocycles. The second-order valence-corrected chi connectivity index (χ2v) is 7.13. The van der Waals surface area contributed by atoms with Crippen LogP contribution in [0.2, 0.25) is 0 Å². The number of benzene rings is 1. The van der Waals surface area contributed by atoms with Crippen molar-refractivity contribution >= 4 is 15.7 Å². The van der Waals surface area contributed by atoms with Crippen LogP contribution in [0.15, 0.2) is 47.8 Å². The van der Waals surface area contributed by atoms with E-state index in [1.807, 2.05) is 24.3 Å². The first-order valence-electron chi connectivity index (χ1n) is 7.03. The van der Waals surface area contributed by atoms with Crippen molar-refractivity contribution in [1.82, 2.24) is 24.8 Å². The summed E-state index contributed by atoms with van der Waals surface area (Å²) in [4.78, 5) is 0. The van der Waals surface area contributed by atoms with E-state index in [2.05, 4.69) is 15.4 Å². The molecule has 1 aromatic carbocycles. The molecule has 0 saturated carbocycles. The SMILES string of the molecule is Cn1nccc1S(=O)(=O)N1Cc2cnnn2Cc2ccccc21. The summed E-state index contributed by atoms with van der Waals surface area (Å²) in [5.74, 6) is 0. The minimum atomic E-state index is -3.74. The van der Waals surface area contributed by atoms with Crippen LogP contribution in [-0.2, 0) is 30.2 Å². The third kappa shape index (κ3) is 2.12. The quantitative estimate of drug-likeness (QED) is 0.693. The average molecular weight is 330 g/mol. The average Bonchev–Trinajstić information content (AvgIpc) is 3.12. The molecule has 0 amide bonds. The lowest BCUT2D eigenvalue weighted by Gasteiger charge is -2.23. The largest absolute Gasteiger partial charge is 0.281 e. The molecular formula is C14H14N6O2S. The van der Waals surface area contributed by atoms with Crippen LogP contribution >= 0.6 is 0 Å². The van der Waals surface area contributed by atoms with Crippen molar-refractivity contribution in [2.45, 2.75) is 18.1 Å². The van der Waals surface area contributed by atoms with Crippen molar-refractivity contribution in [3.8, 4) is 0 Å². The normalized spacial score (nSPS) is 14.2. The standard InChI is InChI=1S/C14H14N6O2S/c1-18-14(6-7-16-18)23(21,22)20-10-12-8-15-17-19(12)9-11-4-2-3-5-13(11)20/h2-8H,9-10H2,1H3. The number of sulfonamides is 1. The van der Waals surface area contributed by atoms with E-state index >= 15 is 0 Å². The van der Waals surface area contributed by atoms with E-state index in [0.717, 1.165) is 11.3 Å². The van der Waals surface area contributed by atoms with Gasteiger partial charge < -0.3 is 0 Å². The first kappa shape index (κ1) is 13.9. The van der Waals surface area contributed by atoms with Gasteiger partial charge in [0.1, 0.15) is 0 Å². The minimum Gasteiger partial charge on any atom is -0.259 e. The van der Waals surface area contributed by atoms with E-state index in [4.69, 9.17) is 0 Å². The number of hydrogen-bond acceptors (Lipinski definition) is 5.